The molecule has 0 aliphatic carbocycles. The topological polar surface area (TPSA) is 67.2 Å². The average molecular weight is 435 g/mol. The van der Waals surface area contributed by atoms with Gasteiger partial charge in [0, 0.05) is 18.1 Å². The maximum absolute atomic E-state index is 13.1. The van der Waals surface area contributed by atoms with Crippen molar-refractivity contribution in [2.24, 2.45) is 0 Å². The fourth-order valence-electron chi connectivity index (χ4n) is 4.26. The van der Waals surface area contributed by atoms with E-state index in [-0.39, 0.29) is 18.5 Å². The van der Waals surface area contributed by atoms with E-state index in [1.807, 2.05) is 64.4 Å². The minimum atomic E-state index is -0.196. The lowest BCUT2D eigenvalue weighted by molar-refractivity contribution is -0.130. The van der Waals surface area contributed by atoms with Gasteiger partial charge in [0.2, 0.25) is 5.91 Å². The van der Waals surface area contributed by atoms with Gasteiger partial charge < -0.3 is 4.90 Å². The van der Waals surface area contributed by atoms with Crippen molar-refractivity contribution in [2.45, 2.75) is 25.3 Å². The molecular formula is C23H23ClN6O. The Morgan fingerprint density at radius 3 is 2.48 bits per heavy atom. The molecule has 0 saturated carbocycles. The van der Waals surface area contributed by atoms with Gasteiger partial charge in [-0.2, -0.15) is 4.68 Å². The van der Waals surface area contributed by atoms with E-state index in [1.54, 1.807) is 4.68 Å². The van der Waals surface area contributed by atoms with Crippen LogP contribution >= 0.6 is 11.6 Å². The van der Waals surface area contributed by atoms with E-state index >= 15 is 0 Å². The van der Waals surface area contributed by atoms with Crippen LogP contribution in [-0.4, -0.2) is 50.6 Å². The van der Waals surface area contributed by atoms with E-state index in [1.165, 1.54) is 6.42 Å². The number of piperidine rings is 1. The fourth-order valence-corrected chi connectivity index (χ4v) is 4.38. The highest BCUT2D eigenvalue weighted by molar-refractivity contribution is 6.30. The summed E-state index contributed by atoms with van der Waals surface area (Å²) in [5.41, 5.74) is 2.96. The summed E-state index contributed by atoms with van der Waals surface area (Å²) in [5, 5.41) is 13.2. The SMILES string of the molecule is O=C(CN1C(c2ccccc2)=CC(c2ccc(Cl)cc2)n2nnnc21)N1CCCCC1. The number of allylic oxidation sites excluding steroid dienone is 1. The highest BCUT2D eigenvalue weighted by atomic mass is 35.5. The third-order valence-electron chi connectivity index (χ3n) is 5.87. The molecule has 7 nitrogen and oxygen atoms in total. The quantitative estimate of drug-likeness (QED) is 0.625. The van der Waals surface area contributed by atoms with Gasteiger partial charge in [-0.05, 0) is 59.0 Å². The lowest BCUT2D eigenvalue weighted by Gasteiger charge is -2.35. The van der Waals surface area contributed by atoms with Crippen LogP contribution in [-0.2, 0) is 4.79 Å². The maximum atomic E-state index is 13.1. The molecule has 2 aromatic carbocycles. The molecule has 1 aromatic heterocycles. The van der Waals surface area contributed by atoms with Crippen LogP contribution in [0.4, 0.5) is 5.95 Å². The van der Waals surface area contributed by atoms with Crippen LogP contribution in [0.1, 0.15) is 36.4 Å². The van der Waals surface area contributed by atoms with E-state index < -0.39 is 0 Å². The number of rotatable bonds is 4. The number of aromatic nitrogens is 4. The number of anilines is 1. The molecule has 0 N–H and O–H groups in total. The monoisotopic (exact) mass is 434 g/mol. The number of nitrogens with zero attached hydrogens (tertiary/aromatic N) is 6. The summed E-state index contributed by atoms with van der Waals surface area (Å²) in [7, 11) is 0. The summed E-state index contributed by atoms with van der Waals surface area (Å²) in [6, 6.07) is 17.6. The molecular weight excluding hydrogens is 412 g/mol. The lowest BCUT2D eigenvalue weighted by atomic mass is 10.0. The van der Waals surface area contributed by atoms with E-state index in [0.717, 1.165) is 42.8 Å². The number of likely N-dealkylation sites (tertiary alicyclic amines) is 1. The van der Waals surface area contributed by atoms with Crippen LogP contribution in [0.5, 0.6) is 0 Å². The number of carbonyl (C=O) groups is 1. The second kappa shape index (κ2) is 8.51. The second-order valence-corrected chi connectivity index (χ2v) is 8.30. The number of hydrogen-bond donors (Lipinski definition) is 0. The van der Waals surface area contributed by atoms with Crippen LogP contribution in [0.3, 0.4) is 0 Å². The molecule has 8 heteroatoms. The molecule has 2 aliphatic heterocycles. The Bertz CT molecular complexity index is 1090. The zero-order chi connectivity index (χ0) is 21.2. The predicted molar refractivity (Wildman–Crippen MR) is 120 cm³/mol. The largest absolute Gasteiger partial charge is 0.341 e. The first kappa shape index (κ1) is 19.8. The molecule has 1 saturated heterocycles. The number of amides is 1. The van der Waals surface area contributed by atoms with E-state index in [0.29, 0.717) is 11.0 Å². The van der Waals surface area contributed by atoms with Crippen molar-refractivity contribution in [2.75, 3.05) is 24.5 Å². The molecule has 1 unspecified atom stereocenters. The van der Waals surface area contributed by atoms with Gasteiger partial charge in [0.05, 0.1) is 5.70 Å². The summed E-state index contributed by atoms with van der Waals surface area (Å²) < 4.78 is 1.76. The minimum Gasteiger partial charge on any atom is -0.341 e. The van der Waals surface area contributed by atoms with Gasteiger partial charge in [-0.25, -0.2) is 0 Å². The van der Waals surface area contributed by atoms with Gasteiger partial charge in [0.1, 0.15) is 12.6 Å². The zero-order valence-electron chi connectivity index (χ0n) is 17.1. The third-order valence-corrected chi connectivity index (χ3v) is 6.12. The first-order valence-electron chi connectivity index (χ1n) is 10.6. The van der Waals surface area contributed by atoms with Gasteiger partial charge in [-0.15, -0.1) is 0 Å². The summed E-state index contributed by atoms with van der Waals surface area (Å²) in [6.45, 7) is 1.83. The molecule has 1 amide bonds. The van der Waals surface area contributed by atoms with Gasteiger partial charge in [-0.3, -0.25) is 9.69 Å². The van der Waals surface area contributed by atoms with Crippen molar-refractivity contribution < 1.29 is 4.79 Å². The van der Waals surface area contributed by atoms with Crippen LogP contribution in [0, 0.1) is 0 Å². The number of hydrogen-bond acceptors (Lipinski definition) is 5. The summed E-state index contributed by atoms with van der Waals surface area (Å²) in [5.74, 6) is 0.660. The Morgan fingerprint density at radius 2 is 1.74 bits per heavy atom. The zero-order valence-corrected chi connectivity index (χ0v) is 17.8. The van der Waals surface area contributed by atoms with Gasteiger partial charge in [0.25, 0.3) is 5.95 Å². The summed E-state index contributed by atoms with van der Waals surface area (Å²) >= 11 is 6.10. The fraction of sp³-hybridized carbons (Fsp3) is 0.304. The van der Waals surface area contributed by atoms with Crippen molar-refractivity contribution in [3.63, 3.8) is 0 Å². The van der Waals surface area contributed by atoms with Crippen LogP contribution in [0.15, 0.2) is 60.7 Å². The molecule has 158 valence electrons. The van der Waals surface area contributed by atoms with Crippen LogP contribution in [0.2, 0.25) is 5.02 Å². The number of carbonyl (C=O) groups excluding carboxylic acids is 1. The lowest BCUT2D eigenvalue weighted by Crippen LogP contribution is -2.44. The molecule has 0 radical (unpaired) electrons. The first-order valence-corrected chi connectivity index (χ1v) is 10.9. The van der Waals surface area contributed by atoms with E-state index in [4.69, 9.17) is 11.6 Å². The Morgan fingerprint density at radius 1 is 1.00 bits per heavy atom. The van der Waals surface area contributed by atoms with Gasteiger partial charge in [-0.1, -0.05) is 59.2 Å². The van der Waals surface area contributed by atoms with E-state index in [2.05, 4.69) is 21.6 Å². The second-order valence-electron chi connectivity index (χ2n) is 7.87. The molecule has 0 spiro atoms. The molecule has 3 heterocycles. The maximum Gasteiger partial charge on any atom is 0.251 e. The smallest absolute Gasteiger partial charge is 0.251 e. The molecule has 2 aliphatic rings. The molecule has 3 aromatic rings. The van der Waals surface area contributed by atoms with Crippen molar-refractivity contribution in [3.05, 3.63) is 76.8 Å². The van der Waals surface area contributed by atoms with Gasteiger partial charge >= 0.3 is 0 Å². The highest BCUT2D eigenvalue weighted by Crippen LogP contribution is 2.36. The summed E-state index contributed by atoms with van der Waals surface area (Å²) in [6.07, 6.45) is 5.42. The predicted octanol–water partition coefficient (Wildman–Crippen LogP) is 3.79. The first-order chi connectivity index (χ1) is 15.2. The molecule has 1 fully saturated rings. The van der Waals surface area contributed by atoms with E-state index in [9.17, 15) is 4.79 Å². The minimum absolute atomic E-state index is 0.0982. The van der Waals surface area contributed by atoms with Crippen molar-refractivity contribution >= 4 is 29.2 Å². The molecule has 31 heavy (non-hydrogen) atoms. The molecule has 0 bridgehead atoms. The third kappa shape index (κ3) is 3.93. The average Bonchev–Trinajstić information content (AvgIpc) is 3.31. The summed E-state index contributed by atoms with van der Waals surface area (Å²) in [4.78, 5) is 17.0. The molecule has 1 atom stereocenters. The Hall–Kier alpha value is -3.19. The van der Waals surface area contributed by atoms with Crippen molar-refractivity contribution in [1.82, 2.24) is 25.1 Å². The number of fused-ring (bicyclic) bond motifs is 1. The Balaban J connectivity index is 1.55. The number of tetrazole rings is 1. The number of halogens is 1. The van der Waals surface area contributed by atoms with Crippen molar-refractivity contribution in [3.8, 4) is 0 Å². The standard InChI is InChI=1S/C23H23ClN6O/c24-19-11-9-18(10-12-19)21-15-20(17-7-3-1-4-8-17)29(23-25-26-27-30(21)23)16-22(31)28-13-5-2-6-14-28/h1,3-4,7-12,15,21H,2,5-6,13-14,16H2. The highest BCUT2D eigenvalue weighted by Gasteiger charge is 2.33. The van der Waals surface area contributed by atoms with Crippen molar-refractivity contribution in [1.29, 1.82) is 0 Å². The Kier molecular flexibility index (Phi) is 5.42. The van der Waals surface area contributed by atoms with Gasteiger partial charge in [0.15, 0.2) is 0 Å². The molecule has 5 rings (SSSR count). The number of benzene rings is 2. The normalized spacial score (nSPS) is 18.5. The van der Waals surface area contributed by atoms with Crippen LogP contribution < -0.4 is 4.90 Å². The Labute approximate surface area is 185 Å². The van der Waals surface area contributed by atoms with Crippen LogP contribution in [0.25, 0.3) is 5.70 Å².